The first-order valence-electron chi connectivity index (χ1n) is 7.34. The summed E-state index contributed by atoms with van der Waals surface area (Å²) in [5.74, 6) is 1.04. The van der Waals surface area contributed by atoms with Gasteiger partial charge in [0, 0.05) is 25.8 Å². The predicted octanol–water partition coefficient (Wildman–Crippen LogP) is 2.50. The van der Waals surface area contributed by atoms with Gasteiger partial charge in [-0.2, -0.15) is 0 Å². The van der Waals surface area contributed by atoms with Gasteiger partial charge >= 0.3 is 0 Å². The summed E-state index contributed by atoms with van der Waals surface area (Å²) in [4.78, 5) is 21.1. The van der Waals surface area contributed by atoms with Crippen LogP contribution in [0, 0.1) is 0 Å². The van der Waals surface area contributed by atoms with Gasteiger partial charge in [-0.1, -0.05) is 30.3 Å². The summed E-state index contributed by atoms with van der Waals surface area (Å²) >= 11 is 0. The zero-order valence-corrected chi connectivity index (χ0v) is 12.2. The van der Waals surface area contributed by atoms with Crippen LogP contribution in [0.1, 0.15) is 12.5 Å². The van der Waals surface area contributed by atoms with Gasteiger partial charge in [0.15, 0.2) is 5.82 Å². The second kappa shape index (κ2) is 5.95. The molecule has 2 heterocycles. The van der Waals surface area contributed by atoms with E-state index in [1.54, 1.807) is 6.20 Å². The SMILES string of the molecule is CCN1CCN(C(=O)Cc2ccccc2)c2cccnc21. The Labute approximate surface area is 125 Å². The van der Waals surface area contributed by atoms with E-state index in [4.69, 9.17) is 0 Å². The normalized spacial score (nSPS) is 14.0. The van der Waals surface area contributed by atoms with Crippen molar-refractivity contribution in [1.82, 2.24) is 4.98 Å². The van der Waals surface area contributed by atoms with Gasteiger partial charge in [-0.05, 0) is 24.6 Å². The number of carbonyl (C=O) groups is 1. The van der Waals surface area contributed by atoms with E-state index in [9.17, 15) is 4.79 Å². The molecule has 21 heavy (non-hydrogen) atoms. The lowest BCUT2D eigenvalue weighted by Crippen LogP contribution is -2.45. The molecule has 0 aliphatic carbocycles. The fourth-order valence-electron chi connectivity index (χ4n) is 2.72. The zero-order valence-electron chi connectivity index (χ0n) is 12.2. The first kappa shape index (κ1) is 13.6. The molecule has 1 amide bonds. The quantitative estimate of drug-likeness (QED) is 0.867. The van der Waals surface area contributed by atoms with Crippen LogP contribution in [0.4, 0.5) is 11.5 Å². The molecule has 0 atom stereocenters. The van der Waals surface area contributed by atoms with Gasteiger partial charge in [0.25, 0.3) is 0 Å². The van der Waals surface area contributed by atoms with Crippen molar-refractivity contribution in [3.63, 3.8) is 0 Å². The summed E-state index contributed by atoms with van der Waals surface area (Å²) in [5.41, 5.74) is 1.97. The zero-order chi connectivity index (χ0) is 14.7. The van der Waals surface area contributed by atoms with Gasteiger partial charge < -0.3 is 9.80 Å². The lowest BCUT2D eigenvalue weighted by atomic mass is 10.1. The Kier molecular flexibility index (Phi) is 3.86. The Morgan fingerprint density at radius 3 is 2.71 bits per heavy atom. The maximum absolute atomic E-state index is 12.6. The van der Waals surface area contributed by atoms with Crippen LogP contribution in [-0.4, -0.2) is 30.5 Å². The van der Waals surface area contributed by atoms with Gasteiger partial charge in [0.05, 0.1) is 12.1 Å². The van der Waals surface area contributed by atoms with E-state index in [1.165, 1.54) is 0 Å². The van der Waals surface area contributed by atoms with Gasteiger partial charge in [-0.15, -0.1) is 0 Å². The molecular formula is C17H19N3O. The van der Waals surface area contributed by atoms with Crippen LogP contribution >= 0.6 is 0 Å². The summed E-state index contributed by atoms with van der Waals surface area (Å²) in [5, 5.41) is 0. The number of rotatable bonds is 3. The number of carbonyl (C=O) groups excluding carboxylic acids is 1. The molecule has 4 nitrogen and oxygen atoms in total. The van der Waals surface area contributed by atoms with Crippen LogP contribution < -0.4 is 9.80 Å². The van der Waals surface area contributed by atoms with E-state index < -0.39 is 0 Å². The molecule has 1 aromatic carbocycles. The molecule has 1 aliphatic heterocycles. The lowest BCUT2D eigenvalue weighted by Gasteiger charge is -2.36. The smallest absolute Gasteiger partial charge is 0.231 e. The van der Waals surface area contributed by atoms with Crippen molar-refractivity contribution in [3.8, 4) is 0 Å². The molecule has 4 heteroatoms. The fraction of sp³-hybridized carbons (Fsp3) is 0.294. The molecule has 0 radical (unpaired) electrons. The minimum atomic E-state index is 0.131. The first-order valence-corrected chi connectivity index (χ1v) is 7.34. The van der Waals surface area contributed by atoms with Crippen molar-refractivity contribution in [2.45, 2.75) is 13.3 Å². The summed E-state index contributed by atoms with van der Waals surface area (Å²) in [6.45, 7) is 4.57. The monoisotopic (exact) mass is 281 g/mol. The predicted molar refractivity (Wildman–Crippen MR) is 84.6 cm³/mol. The molecule has 0 saturated carbocycles. The Morgan fingerprint density at radius 1 is 1.14 bits per heavy atom. The number of hydrogen-bond donors (Lipinski definition) is 0. The van der Waals surface area contributed by atoms with E-state index in [0.717, 1.165) is 36.7 Å². The third-order valence-electron chi connectivity index (χ3n) is 3.83. The Bertz CT molecular complexity index is 627. The van der Waals surface area contributed by atoms with E-state index in [1.807, 2.05) is 47.4 Å². The molecule has 108 valence electrons. The third kappa shape index (κ3) is 2.75. The molecule has 0 bridgehead atoms. The van der Waals surface area contributed by atoms with E-state index in [0.29, 0.717) is 6.42 Å². The van der Waals surface area contributed by atoms with Gasteiger partial charge in [0.1, 0.15) is 0 Å². The van der Waals surface area contributed by atoms with Crippen LogP contribution in [0.2, 0.25) is 0 Å². The first-order chi connectivity index (χ1) is 10.3. The van der Waals surface area contributed by atoms with Crippen molar-refractivity contribution in [2.75, 3.05) is 29.4 Å². The Balaban J connectivity index is 1.84. The largest absolute Gasteiger partial charge is 0.353 e. The van der Waals surface area contributed by atoms with Crippen molar-refractivity contribution >= 4 is 17.4 Å². The topological polar surface area (TPSA) is 36.4 Å². The molecule has 3 rings (SSSR count). The number of benzene rings is 1. The molecule has 2 aromatic rings. The van der Waals surface area contributed by atoms with Gasteiger partial charge in [-0.3, -0.25) is 4.79 Å². The van der Waals surface area contributed by atoms with E-state index in [2.05, 4.69) is 16.8 Å². The maximum atomic E-state index is 12.6. The third-order valence-corrected chi connectivity index (χ3v) is 3.83. The second-order valence-corrected chi connectivity index (χ2v) is 5.13. The average molecular weight is 281 g/mol. The number of amides is 1. The molecule has 1 aliphatic rings. The number of anilines is 2. The molecular weight excluding hydrogens is 262 g/mol. The van der Waals surface area contributed by atoms with Crippen LogP contribution in [0.15, 0.2) is 48.7 Å². The number of likely N-dealkylation sites (N-methyl/N-ethyl adjacent to an activating group) is 1. The van der Waals surface area contributed by atoms with Gasteiger partial charge in [0.2, 0.25) is 5.91 Å². The highest BCUT2D eigenvalue weighted by atomic mass is 16.2. The van der Waals surface area contributed by atoms with E-state index >= 15 is 0 Å². The van der Waals surface area contributed by atoms with Crippen molar-refractivity contribution < 1.29 is 4.79 Å². The minimum absolute atomic E-state index is 0.131. The van der Waals surface area contributed by atoms with Crippen LogP contribution in [0.3, 0.4) is 0 Å². The summed E-state index contributed by atoms with van der Waals surface area (Å²) in [6.07, 6.45) is 2.22. The van der Waals surface area contributed by atoms with Crippen LogP contribution in [0.25, 0.3) is 0 Å². The summed E-state index contributed by atoms with van der Waals surface area (Å²) in [6, 6.07) is 13.7. The molecule has 1 aromatic heterocycles. The Hall–Kier alpha value is -2.36. The van der Waals surface area contributed by atoms with Crippen molar-refractivity contribution in [3.05, 3.63) is 54.2 Å². The average Bonchev–Trinajstić information content (AvgIpc) is 2.54. The number of aromatic nitrogens is 1. The standard InChI is InChI=1S/C17H19N3O/c1-2-19-11-12-20(15-9-6-10-18-17(15)19)16(21)13-14-7-4-3-5-8-14/h3-10H,2,11-13H2,1H3. The summed E-state index contributed by atoms with van der Waals surface area (Å²) < 4.78 is 0. The summed E-state index contributed by atoms with van der Waals surface area (Å²) in [7, 11) is 0. The van der Waals surface area contributed by atoms with E-state index in [-0.39, 0.29) is 5.91 Å². The molecule has 0 unspecified atom stereocenters. The number of pyridine rings is 1. The number of nitrogens with zero attached hydrogens (tertiary/aromatic N) is 3. The molecule has 0 spiro atoms. The highest BCUT2D eigenvalue weighted by Crippen LogP contribution is 2.30. The minimum Gasteiger partial charge on any atom is -0.353 e. The van der Waals surface area contributed by atoms with Crippen LogP contribution in [-0.2, 0) is 11.2 Å². The molecule has 0 N–H and O–H groups in total. The number of hydrogen-bond acceptors (Lipinski definition) is 3. The lowest BCUT2D eigenvalue weighted by molar-refractivity contribution is -0.118. The molecule has 0 saturated heterocycles. The number of fused-ring (bicyclic) bond motifs is 1. The fourth-order valence-corrected chi connectivity index (χ4v) is 2.72. The van der Waals surface area contributed by atoms with Crippen LogP contribution in [0.5, 0.6) is 0 Å². The van der Waals surface area contributed by atoms with Gasteiger partial charge in [-0.25, -0.2) is 4.98 Å². The van der Waals surface area contributed by atoms with Crippen molar-refractivity contribution in [2.24, 2.45) is 0 Å². The highest BCUT2D eigenvalue weighted by molar-refractivity contribution is 5.98. The Morgan fingerprint density at radius 2 is 1.95 bits per heavy atom. The second-order valence-electron chi connectivity index (χ2n) is 5.13. The molecule has 0 fully saturated rings. The highest BCUT2D eigenvalue weighted by Gasteiger charge is 2.26. The van der Waals surface area contributed by atoms with Crippen molar-refractivity contribution in [1.29, 1.82) is 0 Å². The maximum Gasteiger partial charge on any atom is 0.231 e.